The third-order valence-electron chi connectivity index (χ3n) is 6.65. The van der Waals surface area contributed by atoms with Crippen LogP contribution < -0.4 is 0 Å². The van der Waals surface area contributed by atoms with Gasteiger partial charge >= 0.3 is 5.97 Å². The second kappa shape index (κ2) is 9.51. The predicted octanol–water partition coefficient (Wildman–Crippen LogP) is 5.41. The maximum atomic E-state index is 11.4. The number of para-hydroxylation sites is 1. The Morgan fingerprint density at radius 2 is 2.06 bits per heavy atom. The first kappa shape index (κ1) is 21.3. The molecule has 0 spiro atoms. The fraction of sp³-hybridized carbons (Fsp3) is 0.250. The van der Waals surface area contributed by atoms with Crippen LogP contribution in [-0.2, 0) is 28.9 Å². The molecule has 1 aliphatic rings. The number of benzene rings is 2. The van der Waals surface area contributed by atoms with Crippen molar-refractivity contribution in [2.75, 3.05) is 13.7 Å². The van der Waals surface area contributed by atoms with Crippen LogP contribution in [0.4, 0.5) is 0 Å². The number of rotatable bonds is 8. The molecule has 2 aromatic carbocycles. The number of aromatic nitrogens is 2. The zero-order chi connectivity index (χ0) is 22.6. The van der Waals surface area contributed by atoms with Gasteiger partial charge in [0.25, 0.3) is 0 Å². The van der Waals surface area contributed by atoms with E-state index in [1.54, 1.807) is 0 Å². The Labute approximate surface area is 194 Å². The summed E-state index contributed by atoms with van der Waals surface area (Å²) >= 11 is 0. The number of fused-ring (bicyclic) bond motifs is 2. The van der Waals surface area contributed by atoms with Gasteiger partial charge in [-0.15, -0.1) is 0 Å². The molecule has 5 heteroatoms. The van der Waals surface area contributed by atoms with E-state index in [2.05, 4.69) is 75.7 Å². The number of ether oxygens (including phenoxy) is 1. The lowest BCUT2D eigenvalue weighted by Gasteiger charge is -2.29. The molecule has 0 fully saturated rings. The number of methoxy groups -OCH3 is 1. The minimum atomic E-state index is -0.331. The van der Waals surface area contributed by atoms with Crippen molar-refractivity contribution in [1.29, 1.82) is 0 Å². The van der Waals surface area contributed by atoms with Crippen molar-refractivity contribution in [3.63, 3.8) is 0 Å². The first-order chi connectivity index (χ1) is 16.2. The monoisotopic (exact) mass is 439 g/mol. The molecule has 4 aromatic rings. The first-order valence-corrected chi connectivity index (χ1v) is 11.5. The third-order valence-corrected chi connectivity index (χ3v) is 6.65. The van der Waals surface area contributed by atoms with E-state index in [1.165, 1.54) is 46.5 Å². The Morgan fingerprint density at radius 1 is 1.15 bits per heavy atom. The molecule has 2 aromatic heterocycles. The number of hydrogen-bond donors (Lipinski definition) is 2. The van der Waals surface area contributed by atoms with Crippen molar-refractivity contribution < 1.29 is 9.53 Å². The molecule has 1 atom stereocenters. The van der Waals surface area contributed by atoms with Crippen LogP contribution in [0.1, 0.15) is 40.4 Å². The molecule has 1 unspecified atom stereocenters. The zero-order valence-corrected chi connectivity index (χ0v) is 18.9. The Balaban J connectivity index is 1.37. The van der Waals surface area contributed by atoms with Gasteiger partial charge in [0.05, 0.1) is 7.11 Å². The molecule has 2 N–H and O–H groups in total. The summed E-state index contributed by atoms with van der Waals surface area (Å²) in [4.78, 5) is 20.8. The van der Waals surface area contributed by atoms with Crippen LogP contribution in [0.2, 0.25) is 0 Å². The maximum Gasteiger partial charge on any atom is 0.330 e. The minimum absolute atomic E-state index is 0.331. The number of nitrogens with one attached hydrogen (secondary N) is 2. The van der Waals surface area contributed by atoms with Crippen molar-refractivity contribution in [1.82, 2.24) is 14.9 Å². The van der Waals surface area contributed by atoms with Gasteiger partial charge in [0.15, 0.2) is 0 Å². The fourth-order valence-electron chi connectivity index (χ4n) is 4.96. The summed E-state index contributed by atoms with van der Waals surface area (Å²) in [5, 5.41) is 1.31. The SMILES string of the molecule is COC(=O)C=Cc1ccc2c(c1)CCC2N(CCc1c[nH]c2ccccc12)Cc1ccc[nH]1. The largest absolute Gasteiger partial charge is 0.466 e. The van der Waals surface area contributed by atoms with E-state index in [0.717, 1.165) is 37.9 Å². The molecule has 2 heterocycles. The quantitative estimate of drug-likeness (QED) is 0.285. The summed E-state index contributed by atoms with van der Waals surface area (Å²) in [5.41, 5.74) is 7.60. The van der Waals surface area contributed by atoms with Crippen molar-refractivity contribution >= 4 is 22.9 Å². The van der Waals surface area contributed by atoms with Gasteiger partial charge in [0.2, 0.25) is 0 Å². The maximum absolute atomic E-state index is 11.4. The van der Waals surface area contributed by atoms with Gasteiger partial charge in [0.1, 0.15) is 0 Å². The van der Waals surface area contributed by atoms with E-state index in [4.69, 9.17) is 4.74 Å². The molecule has 0 radical (unpaired) electrons. The van der Waals surface area contributed by atoms with Gasteiger partial charge in [-0.3, -0.25) is 4.90 Å². The van der Waals surface area contributed by atoms with Crippen LogP contribution in [-0.4, -0.2) is 34.5 Å². The van der Waals surface area contributed by atoms with Crippen molar-refractivity contribution in [3.8, 4) is 0 Å². The normalized spacial score (nSPS) is 15.5. The molecule has 0 amide bonds. The summed E-state index contributed by atoms with van der Waals surface area (Å²) < 4.78 is 4.71. The highest BCUT2D eigenvalue weighted by atomic mass is 16.5. The van der Waals surface area contributed by atoms with E-state index in [9.17, 15) is 4.79 Å². The number of esters is 1. The number of hydrogen-bond acceptors (Lipinski definition) is 3. The topological polar surface area (TPSA) is 61.1 Å². The average Bonchev–Trinajstić information content (AvgIpc) is 3.60. The smallest absolute Gasteiger partial charge is 0.330 e. The van der Waals surface area contributed by atoms with Crippen LogP contribution in [0.25, 0.3) is 17.0 Å². The molecule has 5 nitrogen and oxygen atoms in total. The second-order valence-corrected chi connectivity index (χ2v) is 8.64. The molecule has 1 aliphatic carbocycles. The average molecular weight is 440 g/mol. The summed E-state index contributed by atoms with van der Waals surface area (Å²) in [5.74, 6) is -0.331. The number of H-pyrrole nitrogens is 2. The van der Waals surface area contributed by atoms with Gasteiger partial charge in [-0.25, -0.2) is 4.79 Å². The summed E-state index contributed by atoms with van der Waals surface area (Å²) in [6, 6.07) is 19.7. The molecule has 0 saturated heterocycles. The van der Waals surface area contributed by atoms with Gasteiger partial charge in [-0.05, 0) is 65.8 Å². The van der Waals surface area contributed by atoms with Gasteiger partial charge < -0.3 is 14.7 Å². The standard InChI is InChI=1S/C28H29N3O2/c1-33-28(32)13-9-20-8-11-25-21(17-20)10-12-27(25)31(19-23-5-4-15-29-23)16-14-22-18-30-26-7-3-2-6-24(22)26/h2-9,11,13,15,17-18,27,29-30H,10,12,14,16,19H2,1H3. The number of aromatic amines is 2. The van der Waals surface area contributed by atoms with Crippen molar-refractivity contribution in [3.05, 3.63) is 101 Å². The Bertz CT molecular complexity index is 1270. The van der Waals surface area contributed by atoms with E-state index in [1.807, 2.05) is 12.3 Å². The molecule has 0 aliphatic heterocycles. The summed E-state index contributed by atoms with van der Waals surface area (Å²) in [6.07, 6.45) is 10.6. The summed E-state index contributed by atoms with van der Waals surface area (Å²) in [6.45, 7) is 1.87. The Hall–Kier alpha value is -3.57. The summed E-state index contributed by atoms with van der Waals surface area (Å²) in [7, 11) is 1.40. The van der Waals surface area contributed by atoms with E-state index in [0.29, 0.717) is 6.04 Å². The second-order valence-electron chi connectivity index (χ2n) is 8.64. The lowest BCUT2D eigenvalue weighted by Crippen LogP contribution is -2.29. The van der Waals surface area contributed by atoms with Crippen LogP contribution >= 0.6 is 0 Å². The lowest BCUT2D eigenvalue weighted by molar-refractivity contribution is -0.134. The van der Waals surface area contributed by atoms with Crippen LogP contribution in [0.3, 0.4) is 0 Å². The van der Waals surface area contributed by atoms with Crippen LogP contribution in [0, 0.1) is 0 Å². The van der Waals surface area contributed by atoms with E-state index >= 15 is 0 Å². The molecule has 33 heavy (non-hydrogen) atoms. The third kappa shape index (κ3) is 4.64. The molecular formula is C28H29N3O2. The Morgan fingerprint density at radius 3 is 2.91 bits per heavy atom. The molecule has 168 valence electrons. The molecule has 0 saturated carbocycles. The fourth-order valence-corrected chi connectivity index (χ4v) is 4.96. The molecule has 0 bridgehead atoms. The van der Waals surface area contributed by atoms with Gasteiger partial charge in [-0.2, -0.15) is 0 Å². The van der Waals surface area contributed by atoms with Crippen molar-refractivity contribution in [2.45, 2.75) is 31.8 Å². The number of nitrogens with zero attached hydrogens (tertiary/aromatic N) is 1. The zero-order valence-electron chi connectivity index (χ0n) is 18.9. The molecular weight excluding hydrogens is 410 g/mol. The van der Waals surface area contributed by atoms with Crippen LogP contribution in [0.15, 0.2) is 73.1 Å². The van der Waals surface area contributed by atoms with Gasteiger partial charge in [-0.1, -0.05) is 36.4 Å². The number of carbonyl (C=O) groups is 1. The predicted molar refractivity (Wildman–Crippen MR) is 132 cm³/mol. The molecule has 5 rings (SSSR count). The highest BCUT2D eigenvalue weighted by Crippen LogP contribution is 2.37. The van der Waals surface area contributed by atoms with E-state index in [-0.39, 0.29) is 5.97 Å². The van der Waals surface area contributed by atoms with E-state index < -0.39 is 0 Å². The number of carbonyl (C=O) groups excluding carboxylic acids is 1. The number of aryl methyl sites for hydroxylation is 1. The highest BCUT2D eigenvalue weighted by molar-refractivity contribution is 5.87. The van der Waals surface area contributed by atoms with Crippen LogP contribution in [0.5, 0.6) is 0 Å². The van der Waals surface area contributed by atoms with Crippen molar-refractivity contribution in [2.24, 2.45) is 0 Å². The highest BCUT2D eigenvalue weighted by Gasteiger charge is 2.28. The first-order valence-electron chi connectivity index (χ1n) is 11.5. The van der Waals surface area contributed by atoms with Gasteiger partial charge in [0, 0.05) is 54.2 Å². The lowest BCUT2D eigenvalue weighted by atomic mass is 10.0. The Kier molecular flexibility index (Phi) is 6.13. The minimum Gasteiger partial charge on any atom is -0.466 e.